The molecule has 0 spiro atoms. The monoisotopic (exact) mass is 300 g/mol. The van der Waals surface area contributed by atoms with Crippen LogP contribution in [0, 0.1) is 6.92 Å². The van der Waals surface area contributed by atoms with Crippen LogP contribution >= 0.6 is 11.6 Å². The van der Waals surface area contributed by atoms with Gasteiger partial charge in [0.05, 0.1) is 7.11 Å². The van der Waals surface area contributed by atoms with Crippen LogP contribution in [-0.2, 0) is 4.79 Å². The van der Waals surface area contributed by atoms with E-state index in [1.807, 2.05) is 55.5 Å². The molecule has 2 rings (SSSR count). The standard InChI is InChI=1S/C18H17ClO2/c1-13-16(5-3-7-18(13)19)17(6-4-12-20)14-8-10-15(21-2)11-9-14/h3,5-12H,4H2,1-2H3/b17-6-. The van der Waals surface area contributed by atoms with Gasteiger partial charge in [0.1, 0.15) is 12.0 Å². The Hall–Kier alpha value is -2.06. The first-order valence-electron chi connectivity index (χ1n) is 6.71. The summed E-state index contributed by atoms with van der Waals surface area (Å²) in [6.07, 6.45) is 3.18. The fourth-order valence-electron chi connectivity index (χ4n) is 2.22. The second kappa shape index (κ2) is 7.09. The molecule has 0 aliphatic rings. The third-order valence-electron chi connectivity index (χ3n) is 3.38. The fraction of sp³-hybridized carbons (Fsp3) is 0.167. The Labute approximate surface area is 130 Å². The number of carbonyl (C=O) groups is 1. The third-order valence-corrected chi connectivity index (χ3v) is 3.79. The zero-order valence-corrected chi connectivity index (χ0v) is 12.9. The SMILES string of the molecule is COc1ccc(/C(=C/CC=O)c2cccc(Cl)c2C)cc1. The fourth-order valence-corrected chi connectivity index (χ4v) is 2.39. The zero-order valence-electron chi connectivity index (χ0n) is 12.1. The van der Waals surface area contributed by atoms with Crippen molar-refractivity contribution in [1.29, 1.82) is 0 Å². The Morgan fingerprint density at radius 2 is 1.90 bits per heavy atom. The minimum atomic E-state index is 0.368. The molecule has 21 heavy (non-hydrogen) atoms. The van der Waals surface area contributed by atoms with Gasteiger partial charge in [0.25, 0.3) is 0 Å². The molecule has 0 unspecified atom stereocenters. The highest BCUT2D eigenvalue weighted by molar-refractivity contribution is 6.31. The number of rotatable bonds is 5. The molecule has 0 aliphatic heterocycles. The lowest BCUT2D eigenvalue weighted by Gasteiger charge is -2.13. The molecule has 2 aromatic carbocycles. The van der Waals surface area contributed by atoms with Crippen LogP contribution in [0.25, 0.3) is 5.57 Å². The number of halogens is 1. The van der Waals surface area contributed by atoms with Gasteiger partial charge < -0.3 is 9.53 Å². The van der Waals surface area contributed by atoms with E-state index in [-0.39, 0.29) is 0 Å². The van der Waals surface area contributed by atoms with Gasteiger partial charge in [-0.1, -0.05) is 41.9 Å². The first-order chi connectivity index (χ1) is 10.2. The van der Waals surface area contributed by atoms with E-state index in [4.69, 9.17) is 16.3 Å². The van der Waals surface area contributed by atoms with Gasteiger partial charge >= 0.3 is 0 Å². The number of hydrogen-bond acceptors (Lipinski definition) is 2. The predicted molar refractivity (Wildman–Crippen MR) is 86.9 cm³/mol. The number of carbonyl (C=O) groups excluding carboxylic acids is 1. The topological polar surface area (TPSA) is 26.3 Å². The molecule has 0 saturated heterocycles. The molecule has 2 nitrogen and oxygen atoms in total. The summed E-state index contributed by atoms with van der Waals surface area (Å²) in [5, 5.41) is 0.720. The highest BCUT2D eigenvalue weighted by Gasteiger charge is 2.10. The smallest absolute Gasteiger partial charge is 0.123 e. The van der Waals surface area contributed by atoms with Crippen LogP contribution in [0.5, 0.6) is 5.75 Å². The van der Waals surface area contributed by atoms with Crippen LogP contribution in [0.1, 0.15) is 23.1 Å². The van der Waals surface area contributed by atoms with Crippen LogP contribution in [0.2, 0.25) is 5.02 Å². The summed E-state index contributed by atoms with van der Waals surface area (Å²) < 4.78 is 5.18. The van der Waals surface area contributed by atoms with Gasteiger partial charge in [0.2, 0.25) is 0 Å². The highest BCUT2D eigenvalue weighted by atomic mass is 35.5. The summed E-state index contributed by atoms with van der Waals surface area (Å²) in [6.45, 7) is 1.98. The minimum absolute atomic E-state index is 0.368. The molecule has 0 fully saturated rings. The quantitative estimate of drug-likeness (QED) is 0.750. The lowest BCUT2D eigenvalue weighted by atomic mass is 9.93. The summed E-state index contributed by atoms with van der Waals surface area (Å²) in [5.74, 6) is 0.802. The number of ether oxygens (including phenoxy) is 1. The van der Waals surface area contributed by atoms with E-state index in [0.29, 0.717) is 6.42 Å². The Bertz CT molecular complexity index is 657. The summed E-state index contributed by atoms with van der Waals surface area (Å²) in [7, 11) is 1.64. The maximum atomic E-state index is 10.7. The van der Waals surface area contributed by atoms with E-state index >= 15 is 0 Å². The Balaban J connectivity index is 2.52. The molecular formula is C18H17ClO2. The molecule has 0 N–H and O–H groups in total. The third kappa shape index (κ3) is 3.53. The van der Waals surface area contributed by atoms with E-state index in [9.17, 15) is 4.79 Å². The van der Waals surface area contributed by atoms with Crippen molar-refractivity contribution in [2.75, 3.05) is 7.11 Å². The van der Waals surface area contributed by atoms with E-state index < -0.39 is 0 Å². The van der Waals surface area contributed by atoms with E-state index in [0.717, 1.165) is 39.3 Å². The number of aldehydes is 1. The second-order valence-electron chi connectivity index (χ2n) is 4.66. The van der Waals surface area contributed by atoms with Crippen LogP contribution < -0.4 is 4.74 Å². The summed E-state index contributed by atoms with van der Waals surface area (Å²) in [5.41, 5.74) is 4.08. The molecule has 0 amide bonds. The van der Waals surface area contributed by atoms with Gasteiger partial charge in [-0.2, -0.15) is 0 Å². The van der Waals surface area contributed by atoms with Crippen LogP contribution in [0.15, 0.2) is 48.5 Å². The average Bonchev–Trinajstić information content (AvgIpc) is 2.52. The predicted octanol–water partition coefficient (Wildman–Crippen LogP) is 4.68. The summed E-state index contributed by atoms with van der Waals surface area (Å²) in [4.78, 5) is 10.7. The number of allylic oxidation sites excluding steroid dienone is 1. The van der Waals surface area contributed by atoms with Crippen molar-refractivity contribution in [2.24, 2.45) is 0 Å². The van der Waals surface area contributed by atoms with Crippen LogP contribution in [0.3, 0.4) is 0 Å². The Morgan fingerprint density at radius 1 is 1.19 bits per heavy atom. The lowest BCUT2D eigenvalue weighted by molar-refractivity contribution is -0.107. The van der Waals surface area contributed by atoms with Gasteiger partial charge in [-0.3, -0.25) is 0 Å². The van der Waals surface area contributed by atoms with Gasteiger partial charge in [-0.25, -0.2) is 0 Å². The Morgan fingerprint density at radius 3 is 2.52 bits per heavy atom. The number of hydrogen-bond donors (Lipinski definition) is 0. The first-order valence-corrected chi connectivity index (χ1v) is 7.09. The normalized spacial score (nSPS) is 11.3. The molecule has 0 aromatic heterocycles. The molecular weight excluding hydrogens is 284 g/mol. The molecule has 2 aromatic rings. The van der Waals surface area contributed by atoms with Crippen molar-refractivity contribution in [3.63, 3.8) is 0 Å². The maximum Gasteiger partial charge on any atom is 0.123 e. The second-order valence-corrected chi connectivity index (χ2v) is 5.07. The lowest BCUT2D eigenvalue weighted by Crippen LogP contribution is -1.93. The van der Waals surface area contributed by atoms with Crippen molar-refractivity contribution in [2.45, 2.75) is 13.3 Å². The van der Waals surface area contributed by atoms with E-state index in [1.165, 1.54) is 0 Å². The van der Waals surface area contributed by atoms with Gasteiger partial charge in [0, 0.05) is 11.4 Å². The summed E-state index contributed by atoms with van der Waals surface area (Å²) >= 11 is 6.21. The molecule has 0 aliphatic carbocycles. The van der Waals surface area contributed by atoms with Crippen LogP contribution in [-0.4, -0.2) is 13.4 Å². The van der Waals surface area contributed by atoms with Gasteiger partial charge in [0.15, 0.2) is 0 Å². The summed E-state index contributed by atoms with van der Waals surface area (Å²) in [6, 6.07) is 13.6. The van der Waals surface area contributed by atoms with E-state index in [1.54, 1.807) is 7.11 Å². The maximum absolute atomic E-state index is 10.7. The van der Waals surface area contributed by atoms with Crippen molar-refractivity contribution in [3.8, 4) is 5.75 Å². The molecule has 0 atom stereocenters. The zero-order chi connectivity index (χ0) is 15.2. The molecule has 108 valence electrons. The molecule has 0 radical (unpaired) electrons. The molecule has 0 bridgehead atoms. The molecule has 3 heteroatoms. The highest BCUT2D eigenvalue weighted by Crippen LogP contribution is 2.30. The van der Waals surface area contributed by atoms with Crippen molar-refractivity contribution >= 4 is 23.5 Å². The largest absolute Gasteiger partial charge is 0.497 e. The Kier molecular flexibility index (Phi) is 5.18. The molecule has 0 heterocycles. The van der Waals surface area contributed by atoms with E-state index in [2.05, 4.69) is 0 Å². The number of methoxy groups -OCH3 is 1. The van der Waals surface area contributed by atoms with Crippen molar-refractivity contribution in [3.05, 3.63) is 70.3 Å². The van der Waals surface area contributed by atoms with Gasteiger partial charge in [-0.15, -0.1) is 0 Å². The van der Waals surface area contributed by atoms with Crippen molar-refractivity contribution in [1.82, 2.24) is 0 Å². The minimum Gasteiger partial charge on any atom is -0.497 e. The first kappa shape index (κ1) is 15.3. The number of benzene rings is 2. The van der Waals surface area contributed by atoms with Gasteiger partial charge in [-0.05, 0) is 47.4 Å². The average molecular weight is 301 g/mol. The molecule has 0 saturated carbocycles. The van der Waals surface area contributed by atoms with Crippen LogP contribution in [0.4, 0.5) is 0 Å². The van der Waals surface area contributed by atoms with Crippen molar-refractivity contribution < 1.29 is 9.53 Å².